The number of rotatable bonds is 9. The Bertz CT molecular complexity index is 656. The molecule has 0 saturated heterocycles. The molecule has 25 heavy (non-hydrogen) atoms. The Hall–Kier alpha value is -1.98. The third-order valence-electron chi connectivity index (χ3n) is 4.03. The Morgan fingerprint density at radius 3 is 2.40 bits per heavy atom. The van der Waals surface area contributed by atoms with E-state index in [2.05, 4.69) is 43.4 Å². The second kappa shape index (κ2) is 10.1. The highest BCUT2D eigenvalue weighted by Gasteiger charge is 2.12. The quantitative estimate of drug-likeness (QED) is 0.677. The van der Waals surface area contributed by atoms with E-state index in [1.807, 2.05) is 36.0 Å². The molecule has 0 aliphatic heterocycles. The molecule has 0 heterocycles. The van der Waals surface area contributed by atoms with E-state index in [0.29, 0.717) is 6.54 Å². The van der Waals surface area contributed by atoms with Crippen LogP contribution in [-0.2, 0) is 4.79 Å². The van der Waals surface area contributed by atoms with Crippen molar-refractivity contribution >= 4 is 23.4 Å². The van der Waals surface area contributed by atoms with Crippen molar-refractivity contribution < 1.29 is 14.4 Å². The second-order valence-corrected chi connectivity index (χ2v) is 7.14. The fraction of sp³-hybridized carbons (Fsp3) is 0.350. The van der Waals surface area contributed by atoms with Gasteiger partial charge in [-0.1, -0.05) is 17.7 Å². The Morgan fingerprint density at radius 1 is 1.12 bits per heavy atom. The lowest BCUT2D eigenvalue weighted by Crippen LogP contribution is -3.13. The van der Waals surface area contributed by atoms with Gasteiger partial charge in [-0.25, -0.2) is 0 Å². The van der Waals surface area contributed by atoms with Crippen LogP contribution in [0.25, 0.3) is 0 Å². The van der Waals surface area contributed by atoms with Gasteiger partial charge in [0, 0.05) is 16.3 Å². The number of carbonyl (C=O) groups excluding carboxylic acids is 1. The number of amides is 1. The van der Waals surface area contributed by atoms with E-state index < -0.39 is 0 Å². The van der Waals surface area contributed by atoms with Crippen molar-refractivity contribution in [3.05, 3.63) is 54.1 Å². The molecule has 1 unspecified atom stereocenters. The van der Waals surface area contributed by atoms with Gasteiger partial charge in [0.15, 0.2) is 6.54 Å². The number of hydrogen-bond donors (Lipinski definition) is 2. The molecule has 1 atom stereocenters. The number of methoxy groups -OCH3 is 1. The van der Waals surface area contributed by atoms with Gasteiger partial charge in [0.2, 0.25) is 0 Å². The third kappa shape index (κ3) is 6.80. The summed E-state index contributed by atoms with van der Waals surface area (Å²) in [6.07, 6.45) is 0. The first-order valence-corrected chi connectivity index (χ1v) is 9.56. The average molecular weight is 360 g/mol. The Kier molecular flexibility index (Phi) is 7.82. The normalized spacial score (nSPS) is 11.8. The van der Waals surface area contributed by atoms with Crippen LogP contribution in [0.2, 0.25) is 0 Å². The highest BCUT2D eigenvalue weighted by atomic mass is 32.2. The summed E-state index contributed by atoms with van der Waals surface area (Å²) in [6, 6.07) is 16.0. The largest absolute Gasteiger partial charge is 0.497 e. The minimum absolute atomic E-state index is 0.0438. The van der Waals surface area contributed by atoms with Gasteiger partial charge in [-0.2, -0.15) is 0 Å². The summed E-state index contributed by atoms with van der Waals surface area (Å²) < 4.78 is 5.12. The number of thioether (sulfide) groups is 1. The topological polar surface area (TPSA) is 42.8 Å². The van der Waals surface area contributed by atoms with Crippen molar-refractivity contribution in [2.45, 2.75) is 18.7 Å². The number of hydrogen-bond acceptors (Lipinski definition) is 3. The minimum atomic E-state index is 0.0438. The molecule has 134 valence electrons. The Balaban J connectivity index is 1.75. The maximum absolute atomic E-state index is 12.2. The summed E-state index contributed by atoms with van der Waals surface area (Å²) in [5, 5.41) is 2.95. The van der Waals surface area contributed by atoms with Crippen LogP contribution < -0.4 is 15.0 Å². The number of aryl methyl sites for hydroxylation is 1. The molecule has 0 bridgehead atoms. The van der Waals surface area contributed by atoms with E-state index in [-0.39, 0.29) is 5.91 Å². The molecule has 2 aromatic carbocycles. The number of benzene rings is 2. The number of quaternary nitrogens is 1. The number of carbonyl (C=O) groups is 1. The summed E-state index contributed by atoms with van der Waals surface area (Å²) in [6.45, 7) is 6.60. The van der Waals surface area contributed by atoms with Crippen LogP contribution in [0.5, 0.6) is 5.75 Å². The van der Waals surface area contributed by atoms with E-state index in [1.54, 1.807) is 7.11 Å². The predicted molar refractivity (Wildman–Crippen MR) is 105 cm³/mol. The van der Waals surface area contributed by atoms with Crippen molar-refractivity contribution in [3.63, 3.8) is 0 Å². The zero-order valence-corrected chi connectivity index (χ0v) is 16.0. The smallest absolute Gasteiger partial charge is 0.279 e. The van der Waals surface area contributed by atoms with Crippen LogP contribution in [0, 0.1) is 6.92 Å². The van der Waals surface area contributed by atoms with E-state index in [0.717, 1.165) is 30.3 Å². The van der Waals surface area contributed by atoms with Gasteiger partial charge in [-0.05, 0) is 50.2 Å². The van der Waals surface area contributed by atoms with Crippen molar-refractivity contribution in [2.24, 2.45) is 0 Å². The van der Waals surface area contributed by atoms with Gasteiger partial charge in [-0.15, -0.1) is 11.8 Å². The maximum atomic E-state index is 12.2. The molecule has 0 aliphatic carbocycles. The molecule has 2 N–H and O–H groups in total. The first-order valence-electron chi connectivity index (χ1n) is 8.57. The molecular formula is C20H27N2O2S+. The first kappa shape index (κ1) is 19.3. The number of anilines is 1. The molecule has 1 amide bonds. The second-order valence-electron chi connectivity index (χ2n) is 5.97. The van der Waals surface area contributed by atoms with Crippen LogP contribution in [0.3, 0.4) is 0 Å². The molecule has 0 aliphatic rings. The lowest BCUT2D eigenvalue weighted by atomic mass is 10.2. The third-order valence-corrected chi connectivity index (χ3v) is 5.04. The molecule has 5 heteroatoms. The molecule has 0 spiro atoms. The van der Waals surface area contributed by atoms with Crippen molar-refractivity contribution in [2.75, 3.05) is 37.8 Å². The molecule has 0 radical (unpaired) electrons. The minimum Gasteiger partial charge on any atom is -0.497 e. The summed E-state index contributed by atoms with van der Waals surface area (Å²) in [5.74, 6) is 1.83. The molecule has 0 saturated carbocycles. The van der Waals surface area contributed by atoms with Crippen LogP contribution in [0.15, 0.2) is 53.4 Å². The predicted octanol–water partition coefficient (Wildman–Crippen LogP) is 2.64. The van der Waals surface area contributed by atoms with Gasteiger partial charge < -0.3 is 15.0 Å². The summed E-state index contributed by atoms with van der Waals surface area (Å²) in [5.41, 5.74) is 2.08. The molecule has 0 fully saturated rings. The zero-order valence-electron chi connectivity index (χ0n) is 15.2. The average Bonchev–Trinajstić information content (AvgIpc) is 2.63. The van der Waals surface area contributed by atoms with Gasteiger partial charge in [-0.3, -0.25) is 4.79 Å². The summed E-state index contributed by atoms with van der Waals surface area (Å²) >= 11 is 1.84. The van der Waals surface area contributed by atoms with E-state index in [4.69, 9.17) is 4.74 Å². The van der Waals surface area contributed by atoms with Gasteiger partial charge in [0.25, 0.3) is 5.91 Å². The van der Waals surface area contributed by atoms with Gasteiger partial charge in [0.05, 0.1) is 20.2 Å². The number of nitrogens with one attached hydrogen (secondary N) is 2. The van der Waals surface area contributed by atoms with E-state index >= 15 is 0 Å². The van der Waals surface area contributed by atoms with Gasteiger partial charge in [0.1, 0.15) is 5.75 Å². The molecule has 0 aromatic heterocycles. The van der Waals surface area contributed by atoms with Crippen LogP contribution in [0.4, 0.5) is 5.69 Å². The lowest BCUT2D eigenvalue weighted by molar-refractivity contribution is -0.887. The Labute approximate surface area is 154 Å². The molecule has 4 nitrogen and oxygen atoms in total. The van der Waals surface area contributed by atoms with E-state index in [1.165, 1.54) is 15.4 Å². The molecule has 2 aromatic rings. The van der Waals surface area contributed by atoms with Crippen LogP contribution in [-0.4, -0.2) is 38.4 Å². The highest BCUT2D eigenvalue weighted by molar-refractivity contribution is 7.99. The van der Waals surface area contributed by atoms with Gasteiger partial charge >= 0.3 is 0 Å². The number of likely N-dealkylation sites (N-methyl/N-ethyl adjacent to an activating group) is 1. The van der Waals surface area contributed by atoms with Crippen molar-refractivity contribution in [1.82, 2.24) is 0 Å². The standard InChI is InChI=1S/C20H26N2O2S/c1-4-22(13-14-25-19-11-5-16(2)6-12-19)15-20(23)21-17-7-9-18(24-3)10-8-17/h5-12H,4,13-15H2,1-3H3,(H,21,23)/p+1. The van der Waals surface area contributed by atoms with Crippen molar-refractivity contribution in [3.8, 4) is 5.75 Å². The number of ether oxygens (including phenoxy) is 1. The zero-order chi connectivity index (χ0) is 18.1. The first-order chi connectivity index (χ1) is 12.1. The van der Waals surface area contributed by atoms with E-state index in [9.17, 15) is 4.79 Å². The summed E-state index contributed by atoms with van der Waals surface area (Å²) in [7, 11) is 1.63. The SMILES string of the molecule is CC[NH+](CCSc1ccc(C)cc1)CC(=O)Nc1ccc(OC)cc1. The highest BCUT2D eigenvalue weighted by Crippen LogP contribution is 2.17. The summed E-state index contributed by atoms with van der Waals surface area (Å²) in [4.78, 5) is 14.8. The fourth-order valence-electron chi connectivity index (χ4n) is 2.44. The van der Waals surface area contributed by atoms with Crippen molar-refractivity contribution in [1.29, 1.82) is 0 Å². The Morgan fingerprint density at radius 2 is 1.80 bits per heavy atom. The lowest BCUT2D eigenvalue weighted by Gasteiger charge is -2.17. The van der Waals surface area contributed by atoms with Crippen LogP contribution >= 0.6 is 11.8 Å². The maximum Gasteiger partial charge on any atom is 0.279 e. The monoisotopic (exact) mass is 359 g/mol. The molecule has 2 rings (SSSR count). The van der Waals surface area contributed by atoms with Crippen LogP contribution in [0.1, 0.15) is 12.5 Å². The molecular weight excluding hydrogens is 332 g/mol. The fourth-order valence-corrected chi connectivity index (χ4v) is 3.40.